The van der Waals surface area contributed by atoms with Crippen LogP contribution in [0, 0.1) is 10.1 Å². The van der Waals surface area contributed by atoms with Crippen LogP contribution in [-0.4, -0.2) is 22.6 Å². The Hall–Kier alpha value is -2.90. The van der Waals surface area contributed by atoms with Crippen LogP contribution in [-0.2, 0) is 11.3 Å². The van der Waals surface area contributed by atoms with Gasteiger partial charge in [-0.15, -0.1) is 0 Å². The molecule has 0 saturated heterocycles. The van der Waals surface area contributed by atoms with E-state index in [0.717, 1.165) is 22.9 Å². The number of nitrogens with zero attached hydrogens (tertiary/aromatic N) is 2. The number of hydrogen-bond donors (Lipinski definition) is 0. The van der Waals surface area contributed by atoms with E-state index >= 15 is 0 Å². The third kappa shape index (κ3) is 2.58. The molecular formula is C12H10N2O6. The highest BCUT2D eigenvalue weighted by atomic mass is 16.6. The fourth-order valence-electron chi connectivity index (χ4n) is 1.67. The average molecular weight is 278 g/mol. The molecule has 0 unspecified atom stereocenters. The maximum Gasteiger partial charge on any atom is 0.374 e. The molecule has 0 atom stereocenters. The normalized spacial score (nSPS) is 10.2. The molecule has 8 heteroatoms. The maximum absolute atomic E-state index is 11.7. The standard InChI is InChI=1S/C12H10N2O6/c1-19-12(16)11-8(4-5-20-11)6-13-7-9(14(17)18)2-3-10(13)15/h2-5,7H,6H2,1H3. The summed E-state index contributed by atoms with van der Waals surface area (Å²) in [5, 5.41) is 10.7. The summed E-state index contributed by atoms with van der Waals surface area (Å²) in [5.41, 5.74) is -0.236. The molecule has 0 aromatic carbocycles. The molecule has 0 saturated carbocycles. The van der Waals surface area contributed by atoms with Crippen LogP contribution in [0.3, 0.4) is 0 Å². The van der Waals surface area contributed by atoms with Crippen molar-refractivity contribution < 1.29 is 18.9 Å². The van der Waals surface area contributed by atoms with Gasteiger partial charge in [0.25, 0.3) is 11.2 Å². The van der Waals surface area contributed by atoms with E-state index in [1.54, 1.807) is 0 Å². The highest BCUT2D eigenvalue weighted by Crippen LogP contribution is 2.14. The first-order chi connectivity index (χ1) is 9.52. The molecule has 0 N–H and O–H groups in total. The molecule has 0 fully saturated rings. The number of esters is 1. The zero-order valence-electron chi connectivity index (χ0n) is 10.4. The van der Waals surface area contributed by atoms with Gasteiger partial charge in [0.1, 0.15) is 0 Å². The molecule has 20 heavy (non-hydrogen) atoms. The Bertz CT molecular complexity index is 715. The molecule has 2 aromatic rings. The van der Waals surface area contributed by atoms with Gasteiger partial charge >= 0.3 is 5.97 Å². The van der Waals surface area contributed by atoms with Crippen LogP contribution in [0.1, 0.15) is 16.1 Å². The molecule has 0 bridgehead atoms. The Balaban J connectivity index is 2.38. The van der Waals surface area contributed by atoms with Crippen molar-refractivity contribution in [3.05, 3.63) is 62.5 Å². The highest BCUT2D eigenvalue weighted by Gasteiger charge is 2.17. The molecule has 8 nitrogen and oxygen atoms in total. The summed E-state index contributed by atoms with van der Waals surface area (Å²) in [6.45, 7) is -0.0263. The Labute approximate surface area is 112 Å². The second-order valence-electron chi connectivity index (χ2n) is 3.88. The zero-order valence-corrected chi connectivity index (χ0v) is 10.4. The second-order valence-corrected chi connectivity index (χ2v) is 3.88. The van der Waals surface area contributed by atoms with Crippen LogP contribution in [0.4, 0.5) is 5.69 Å². The number of carbonyl (C=O) groups is 1. The molecule has 0 radical (unpaired) electrons. The molecule has 0 aliphatic carbocycles. The topological polar surface area (TPSA) is 105 Å². The average Bonchev–Trinajstić information content (AvgIpc) is 2.88. The van der Waals surface area contributed by atoms with Gasteiger partial charge in [0.2, 0.25) is 5.76 Å². The van der Waals surface area contributed by atoms with Crippen molar-refractivity contribution in [2.24, 2.45) is 0 Å². The largest absolute Gasteiger partial charge is 0.463 e. The van der Waals surface area contributed by atoms with E-state index in [1.807, 2.05) is 0 Å². The van der Waals surface area contributed by atoms with Crippen LogP contribution in [0.2, 0.25) is 0 Å². The van der Waals surface area contributed by atoms with Crippen LogP contribution >= 0.6 is 0 Å². The third-order valence-corrected chi connectivity index (χ3v) is 2.64. The number of hydrogen-bond acceptors (Lipinski definition) is 6. The number of nitro groups is 1. The number of aromatic nitrogens is 1. The summed E-state index contributed by atoms with van der Waals surface area (Å²) in [7, 11) is 1.20. The SMILES string of the molecule is COC(=O)c1occc1Cn1cc([N+](=O)[O-])ccc1=O. The van der Waals surface area contributed by atoms with Crippen molar-refractivity contribution in [1.82, 2.24) is 4.57 Å². The lowest BCUT2D eigenvalue weighted by molar-refractivity contribution is -0.385. The Morgan fingerprint density at radius 2 is 2.20 bits per heavy atom. The van der Waals surface area contributed by atoms with Gasteiger partial charge in [-0.3, -0.25) is 14.9 Å². The van der Waals surface area contributed by atoms with Gasteiger partial charge < -0.3 is 13.7 Å². The number of rotatable bonds is 4. The van der Waals surface area contributed by atoms with Crippen LogP contribution < -0.4 is 5.56 Å². The minimum atomic E-state index is -0.677. The summed E-state index contributed by atoms with van der Waals surface area (Å²) in [5.74, 6) is -0.714. The minimum Gasteiger partial charge on any atom is -0.463 e. The molecule has 2 rings (SSSR count). The summed E-state index contributed by atoms with van der Waals surface area (Å²) in [6, 6.07) is 3.71. The summed E-state index contributed by atoms with van der Waals surface area (Å²) >= 11 is 0. The van der Waals surface area contributed by atoms with Gasteiger partial charge in [-0.25, -0.2) is 4.79 Å². The summed E-state index contributed by atoms with van der Waals surface area (Å²) in [6.07, 6.45) is 2.39. The van der Waals surface area contributed by atoms with Gasteiger partial charge in [0, 0.05) is 17.7 Å². The van der Waals surface area contributed by atoms with Crippen molar-refractivity contribution in [2.45, 2.75) is 6.54 Å². The zero-order chi connectivity index (χ0) is 14.7. The summed E-state index contributed by atoms with van der Waals surface area (Å²) < 4.78 is 10.6. The molecule has 2 aromatic heterocycles. The fourth-order valence-corrected chi connectivity index (χ4v) is 1.67. The molecule has 0 aliphatic rings. The Morgan fingerprint density at radius 1 is 1.45 bits per heavy atom. The predicted octanol–water partition coefficient (Wildman–Crippen LogP) is 1.18. The van der Waals surface area contributed by atoms with E-state index in [4.69, 9.17) is 4.42 Å². The van der Waals surface area contributed by atoms with Gasteiger partial charge in [0.05, 0.1) is 31.0 Å². The van der Waals surface area contributed by atoms with Crippen LogP contribution in [0.15, 0.2) is 39.9 Å². The van der Waals surface area contributed by atoms with E-state index in [-0.39, 0.29) is 18.0 Å². The van der Waals surface area contributed by atoms with Crippen molar-refractivity contribution in [3.63, 3.8) is 0 Å². The predicted molar refractivity (Wildman–Crippen MR) is 66.5 cm³/mol. The molecule has 104 valence electrons. The Morgan fingerprint density at radius 3 is 2.85 bits per heavy atom. The second kappa shape index (κ2) is 5.39. The lowest BCUT2D eigenvalue weighted by atomic mass is 10.2. The first-order valence-electron chi connectivity index (χ1n) is 5.52. The van der Waals surface area contributed by atoms with Gasteiger partial charge in [-0.2, -0.15) is 0 Å². The number of carbonyl (C=O) groups excluding carboxylic acids is 1. The smallest absolute Gasteiger partial charge is 0.374 e. The molecular weight excluding hydrogens is 268 g/mol. The summed E-state index contributed by atoms with van der Waals surface area (Å²) in [4.78, 5) is 33.2. The van der Waals surface area contributed by atoms with Crippen LogP contribution in [0.25, 0.3) is 0 Å². The van der Waals surface area contributed by atoms with Gasteiger partial charge in [-0.05, 0) is 6.07 Å². The lowest BCUT2D eigenvalue weighted by Gasteiger charge is -2.04. The van der Waals surface area contributed by atoms with Crippen molar-refractivity contribution >= 4 is 11.7 Å². The van der Waals surface area contributed by atoms with E-state index in [1.165, 1.54) is 19.4 Å². The van der Waals surface area contributed by atoms with Crippen molar-refractivity contribution in [2.75, 3.05) is 7.11 Å². The third-order valence-electron chi connectivity index (χ3n) is 2.64. The van der Waals surface area contributed by atoms with Gasteiger partial charge in [-0.1, -0.05) is 0 Å². The Kier molecular flexibility index (Phi) is 3.65. The minimum absolute atomic E-state index is 0.0263. The number of furan rings is 1. The molecule has 2 heterocycles. The molecule has 0 spiro atoms. The van der Waals surface area contributed by atoms with Crippen molar-refractivity contribution in [1.29, 1.82) is 0 Å². The highest BCUT2D eigenvalue weighted by molar-refractivity contribution is 5.87. The molecule has 0 amide bonds. The lowest BCUT2D eigenvalue weighted by Crippen LogP contribution is -2.20. The van der Waals surface area contributed by atoms with E-state index in [9.17, 15) is 19.7 Å². The quantitative estimate of drug-likeness (QED) is 0.472. The maximum atomic E-state index is 11.7. The van der Waals surface area contributed by atoms with E-state index in [0.29, 0.717) is 5.56 Å². The van der Waals surface area contributed by atoms with Crippen LogP contribution in [0.5, 0.6) is 0 Å². The van der Waals surface area contributed by atoms with E-state index < -0.39 is 16.5 Å². The van der Waals surface area contributed by atoms with E-state index in [2.05, 4.69) is 4.74 Å². The number of pyridine rings is 1. The number of ether oxygens (including phenoxy) is 1. The first kappa shape index (κ1) is 13.5. The fraction of sp³-hybridized carbons (Fsp3) is 0.167. The number of methoxy groups -OCH3 is 1. The first-order valence-corrected chi connectivity index (χ1v) is 5.52. The van der Waals surface area contributed by atoms with Crippen molar-refractivity contribution in [3.8, 4) is 0 Å². The monoisotopic (exact) mass is 278 g/mol. The molecule has 0 aliphatic heterocycles. The van der Waals surface area contributed by atoms with Gasteiger partial charge in [0.15, 0.2) is 0 Å².